The van der Waals surface area contributed by atoms with Crippen LogP contribution in [0.2, 0.25) is 0 Å². The Kier molecular flexibility index (Phi) is 3.72. The van der Waals surface area contributed by atoms with Crippen molar-refractivity contribution in [3.05, 3.63) is 158 Å². The minimum absolute atomic E-state index is 0.00754. The number of fused-ring (bicyclic) bond motifs is 11. The van der Waals surface area contributed by atoms with E-state index in [0.29, 0.717) is 21.5 Å². The van der Waals surface area contributed by atoms with Crippen LogP contribution in [0.3, 0.4) is 0 Å². The van der Waals surface area contributed by atoms with E-state index in [9.17, 15) is 9.59 Å². The normalized spacial score (nSPS) is 14.4. The lowest BCUT2D eigenvalue weighted by Crippen LogP contribution is -2.34. The number of para-hydroxylation sites is 2. The number of nitrogens with zero attached hydrogens (tertiary/aromatic N) is 1. The van der Waals surface area contributed by atoms with Crippen molar-refractivity contribution in [3.8, 4) is 11.1 Å². The van der Waals surface area contributed by atoms with E-state index in [1.165, 1.54) is 22.3 Å². The summed E-state index contributed by atoms with van der Waals surface area (Å²) in [4.78, 5) is 29.4. The van der Waals surface area contributed by atoms with Gasteiger partial charge in [-0.2, -0.15) is 0 Å². The summed E-state index contributed by atoms with van der Waals surface area (Å²) in [5.41, 5.74) is 8.80. The minimum Gasteiger partial charge on any atom is -0.307 e. The summed E-state index contributed by atoms with van der Waals surface area (Å²) in [6, 6.07) is 39.9. The third-order valence-corrected chi connectivity index (χ3v) is 11.3. The Labute approximate surface area is 247 Å². The Morgan fingerprint density at radius 3 is 1.74 bits per heavy atom. The second kappa shape index (κ2) is 7.17. The van der Waals surface area contributed by atoms with Gasteiger partial charge in [-0.25, -0.2) is 0 Å². The van der Waals surface area contributed by atoms with Gasteiger partial charge < -0.3 is 4.40 Å². The average Bonchev–Trinajstić information content (AvgIpc) is 3.57. The number of rotatable bonds is 0. The van der Waals surface area contributed by atoms with Gasteiger partial charge in [-0.05, 0) is 57.6 Å². The Morgan fingerprint density at radius 1 is 0.488 bits per heavy atom. The van der Waals surface area contributed by atoms with Crippen LogP contribution in [0, 0.1) is 0 Å². The number of hydrogen-bond acceptors (Lipinski definition) is 3. The number of pyridine rings is 2. The fraction of sp³-hybridized carbons (Fsp3) is 0.0256. The van der Waals surface area contributed by atoms with Gasteiger partial charge in [0, 0.05) is 36.3 Å². The van der Waals surface area contributed by atoms with Crippen LogP contribution in [0.4, 0.5) is 0 Å². The van der Waals surface area contributed by atoms with Gasteiger partial charge in [0.1, 0.15) is 0 Å². The molecule has 0 saturated carbocycles. The predicted molar refractivity (Wildman–Crippen MR) is 177 cm³/mol. The fourth-order valence-corrected chi connectivity index (χ4v) is 9.81. The van der Waals surface area contributed by atoms with Crippen LogP contribution in [0.1, 0.15) is 22.3 Å². The van der Waals surface area contributed by atoms with Gasteiger partial charge in [0.05, 0.1) is 27.4 Å². The molecule has 0 amide bonds. The van der Waals surface area contributed by atoms with E-state index in [-0.39, 0.29) is 10.9 Å². The molecule has 4 heterocycles. The summed E-state index contributed by atoms with van der Waals surface area (Å²) in [5, 5.41) is 4.69. The standard InChI is InChI=1S/C39H19NO2S/c41-36-23-12-7-16-29-33(23)40-34-24(37(42)32-35(40)26(36)19-25-22-11-3-6-18-31(22)43-38(25)32)13-8-17-30(34)39(29)27-14-4-1-9-20(27)21-10-2-5-15-28(21)39/h1-19H. The van der Waals surface area contributed by atoms with Gasteiger partial charge in [0.2, 0.25) is 0 Å². The van der Waals surface area contributed by atoms with Crippen LogP contribution in [-0.4, -0.2) is 4.40 Å². The van der Waals surface area contributed by atoms with Crippen LogP contribution in [0.5, 0.6) is 0 Å². The molecule has 1 aliphatic heterocycles. The first-order valence-corrected chi connectivity index (χ1v) is 15.4. The quantitative estimate of drug-likeness (QED) is 0.136. The van der Waals surface area contributed by atoms with Crippen LogP contribution < -0.4 is 10.9 Å². The number of thiophene rings is 1. The molecule has 0 fully saturated rings. The lowest BCUT2D eigenvalue weighted by Gasteiger charge is -2.39. The van der Waals surface area contributed by atoms with Crippen molar-refractivity contribution in [1.29, 1.82) is 0 Å². The van der Waals surface area contributed by atoms with E-state index in [1.54, 1.807) is 11.3 Å². The molecule has 9 aromatic rings. The van der Waals surface area contributed by atoms with Crippen molar-refractivity contribution in [2.24, 2.45) is 0 Å². The molecule has 198 valence electrons. The van der Waals surface area contributed by atoms with Gasteiger partial charge in [0.25, 0.3) is 0 Å². The molecule has 1 aliphatic carbocycles. The summed E-state index contributed by atoms with van der Waals surface area (Å²) < 4.78 is 4.33. The number of benzene rings is 6. The topological polar surface area (TPSA) is 38.5 Å². The van der Waals surface area contributed by atoms with Gasteiger partial charge in [-0.3, -0.25) is 9.59 Å². The Morgan fingerprint density at radius 2 is 1.05 bits per heavy atom. The summed E-state index contributed by atoms with van der Waals surface area (Å²) in [6.07, 6.45) is 0. The van der Waals surface area contributed by atoms with Gasteiger partial charge in [-0.15, -0.1) is 11.3 Å². The van der Waals surface area contributed by atoms with Crippen LogP contribution in [0.25, 0.3) is 69.4 Å². The van der Waals surface area contributed by atoms with Gasteiger partial charge in [-0.1, -0.05) is 91.0 Å². The van der Waals surface area contributed by atoms with E-state index < -0.39 is 5.41 Å². The largest absolute Gasteiger partial charge is 0.307 e. The molecule has 0 saturated heterocycles. The van der Waals surface area contributed by atoms with Crippen molar-refractivity contribution in [3.63, 3.8) is 0 Å². The van der Waals surface area contributed by atoms with E-state index in [4.69, 9.17) is 0 Å². The molecule has 3 nitrogen and oxygen atoms in total. The number of aromatic nitrogens is 1. The van der Waals surface area contributed by atoms with Gasteiger partial charge in [0.15, 0.2) is 10.9 Å². The van der Waals surface area contributed by atoms with Crippen LogP contribution in [-0.2, 0) is 5.41 Å². The Hall–Kier alpha value is -5.32. The van der Waals surface area contributed by atoms with Gasteiger partial charge >= 0.3 is 0 Å². The molecule has 1 spiro atoms. The molecular formula is C39H19NO2S. The molecule has 6 aromatic carbocycles. The first kappa shape index (κ1) is 22.3. The van der Waals surface area contributed by atoms with Crippen molar-refractivity contribution in [1.82, 2.24) is 4.40 Å². The first-order valence-electron chi connectivity index (χ1n) is 14.5. The summed E-state index contributed by atoms with van der Waals surface area (Å²) >= 11 is 1.64. The van der Waals surface area contributed by atoms with Crippen molar-refractivity contribution in [2.45, 2.75) is 5.41 Å². The lowest BCUT2D eigenvalue weighted by atomic mass is 9.65. The molecular weight excluding hydrogens is 547 g/mol. The average molecular weight is 566 g/mol. The maximum atomic E-state index is 14.8. The third kappa shape index (κ3) is 2.26. The highest BCUT2D eigenvalue weighted by Crippen LogP contribution is 2.60. The van der Waals surface area contributed by atoms with E-state index in [0.717, 1.165) is 47.8 Å². The Balaban J connectivity index is 1.51. The molecule has 4 heteroatoms. The maximum absolute atomic E-state index is 14.8. The van der Waals surface area contributed by atoms with E-state index in [2.05, 4.69) is 77.2 Å². The van der Waals surface area contributed by atoms with Crippen LogP contribution in [0.15, 0.2) is 125 Å². The smallest absolute Gasteiger partial charge is 0.198 e. The third-order valence-electron chi connectivity index (χ3n) is 10.1. The summed E-state index contributed by atoms with van der Waals surface area (Å²) in [7, 11) is 0. The Bertz CT molecular complexity index is 2820. The predicted octanol–water partition coefficient (Wildman–Crippen LogP) is 8.60. The zero-order valence-electron chi connectivity index (χ0n) is 22.6. The zero-order valence-corrected chi connectivity index (χ0v) is 23.5. The molecule has 11 rings (SSSR count). The number of hydrogen-bond donors (Lipinski definition) is 0. The molecule has 0 radical (unpaired) electrons. The van der Waals surface area contributed by atoms with Crippen molar-refractivity contribution >= 4 is 69.6 Å². The molecule has 0 bridgehead atoms. The first-order chi connectivity index (χ1) is 21.2. The highest BCUT2D eigenvalue weighted by molar-refractivity contribution is 7.26. The summed E-state index contributed by atoms with van der Waals surface area (Å²) in [6.45, 7) is 0. The molecule has 0 atom stereocenters. The maximum Gasteiger partial charge on any atom is 0.198 e. The molecule has 3 aromatic heterocycles. The molecule has 0 N–H and O–H groups in total. The van der Waals surface area contributed by atoms with Crippen LogP contribution >= 0.6 is 11.3 Å². The second-order valence-electron chi connectivity index (χ2n) is 11.9. The van der Waals surface area contributed by atoms with E-state index in [1.807, 2.05) is 42.5 Å². The monoisotopic (exact) mass is 565 g/mol. The summed E-state index contributed by atoms with van der Waals surface area (Å²) in [5.74, 6) is 0. The fourth-order valence-electron chi connectivity index (χ4n) is 8.58. The van der Waals surface area contributed by atoms with Crippen molar-refractivity contribution in [2.75, 3.05) is 0 Å². The second-order valence-corrected chi connectivity index (χ2v) is 12.9. The molecule has 43 heavy (non-hydrogen) atoms. The zero-order chi connectivity index (χ0) is 28.2. The SMILES string of the molecule is O=c1c2cccc3c2n2c4c(cccc4c(=O)c4c5sc6ccccc6c5cc1c42)C31c2ccccc2-c2ccccc21. The highest BCUT2D eigenvalue weighted by Gasteiger charge is 2.50. The van der Waals surface area contributed by atoms with E-state index >= 15 is 0 Å². The molecule has 0 unspecified atom stereocenters. The highest BCUT2D eigenvalue weighted by atomic mass is 32.1. The van der Waals surface area contributed by atoms with Crippen molar-refractivity contribution < 1.29 is 0 Å². The minimum atomic E-state index is -0.655. The lowest BCUT2D eigenvalue weighted by molar-refractivity contribution is 0.767. The molecule has 2 aliphatic rings.